The summed E-state index contributed by atoms with van der Waals surface area (Å²) >= 11 is 0. The van der Waals surface area contributed by atoms with Gasteiger partial charge in [0.25, 0.3) is 0 Å². The number of hydrogen-bond donors (Lipinski definition) is 1. The van der Waals surface area contributed by atoms with Crippen LogP contribution in [0.1, 0.15) is 6.92 Å². The minimum Gasteiger partial charge on any atom is -0.393 e. The van der Waals surface area contributed by atoms with Crippen LogP contribution in [0.25, 0.3) is 0 Å². The molecule has 1 aromatic rings. The molecular weight excluding hydrogens is 196 g/mol. The van der Waals surface area contributed by atoms with Gasteiger partial charge in [0.15, 0.2) is 0 Å². The molecule has 0 aromatic heterocycles. The molecule has 0 saturated heterocycles. The van der Waals surface area contributed by atoms with E-state index in [0.717, 1.165) is 0 Å². The van der Waals surface area contributed by atoms with Gasteiger partial charge in [0.1, 0.15) is 5.75 Å². The normalized spacial score (nSPS) is 10.9. The number of rotatable bonds is 3. The molecular formula is C10H12N2O3. The Labute approximate surface area is 87.5 Å². The van der Waals surface area contributed by atoms with Gasteiger partial charge < -0.3 is 10.5 Å². The molecule has 0 aliphatic rings. The Balaban J connectivity index is 2.44. The molecule has 0 fully saturated rings. The largest absolute Gasteiger partial charge is 0.540 e. The van der Waals surface area contributed by atoms with Crippen LogP contribution in [0, 0.1) is 0 Å². The van der Waals surface area contributed by atoms with E-state index in [4.69, 9.17) is 10.5 Å². The van der Waals surface area contributed by atoms with Crippen LogP contribution in [0.3, 0.4) is 0 Å². The first kappa shape index (κ1) is 11.2. The van der Waals surface area contributed by atoms with E-state index in [-0.39, 0.29) is 6.54 Å². The van der Waals surface area contributed by atoms with Crippen molar-refractivity contribution in [3.63, 3.8) is 0 Å². The van der Waals surface area contributed by atoms with E-state index in [1.54, 1.807) is 31.2 Å². The van der Waals surface area contributed by atoms with Gasteiger partial charge in [0.2, 0.25) is 0 Å². The molecule has 0 amide bonds. The van der Waals surface area contributed by atoms with E-state index in [1.807, 2.05) is 6.07 Å². The average molecular weight is 208 g/mol. The number of oxime groups is 1. The van der Waals surface area contributed by atoms with Crippen LogP contribution in [0.4, 0.5) is 4.79 Å². The number of benzene rings is 1. The highest BCUT2D eigenvalue weighted by molar-refractivity contribution is 5.83. The highest BCUT2D eigenvalue weighted by Crippen LogP contribution is 2.08. The minimum atomic E-state index is -0.881. The van der Waals surface area contributed by atoms with Gasteiger partial charge in [0, 0.05) is 6.54 Å². The molecule has 1 rings (SSSR count). The number of nitrogens with two attached hydrogens (primary N) is 1. The number of nitrogens with zero attached hydrogens (tertiary/aromatic N) is 1. The van der Waals surface area contributed by atoms with Gasteiger partial charge in [-0.1, -0.05) is 23.4 Å². The predicted molar refractivity (Wildman–Crippen MR) is 55.7 cm³/mol. The SMILES string of the molecule is C/C(CN)=N\OC(=O)Oc1ccccc1. The van der Waals surface area contributed by atoms with E-state index >= 15 is 0 Å². The van der Waals surface area contributed by atoms with E-state index in [2.05, 4.69) is 9.99 Å². The number of hydrogen-bond acceptors (Lipinski definition) is 5. The molecule has 15 heavy (non-hydrogen) atoms. The molecule has 80 valence electrons. The first-order valence-electron chi connectivity index (χ1n) is 4.40. The molecule has 5 nitrogen and oxygen atoms in total. The van der Waals surface area contributed by atoms with E-state index < -0.39 is 6.16 Å². The molecule has 0 heterocycles. The topological polar surface area (TPSA) is 73.9 Å². The Bertz CT molecular complexity index is 349. The fraction of sp³-hybridized carbons (Fsp3) is 0.200. The third kappa shape index (κ3) is 4.24. The summed E-state index contributed by atoms with van der Waals surface area (Å²) < 4.78 is 4.80. The van der Waals surface area contributed by atoms with Crippen molar-refractivity contribution in [2.75, 3.05) is 6.54 Å². The van der Waals surface area contributed by atoms with Gasteiger partial charge in [-0.15, -0.1) is 0 Å². The molecule has 0 radical (unpaired) electrons. The Hall–Kier alpha value is -1.88. The smallest absolute Gasteiger partial charge is 0.393 e. The highest BCUT2D eigenvalue weighted by atomic mass is 16.8. The van der Waals surface area contributed by atoms with Crippen LogP contribution in [-0.2, 0) is 4.84 Å². The summed E-state index contributed by atoms with van der Waals surface area (Å²) in [6.07, 6.45) is -0.881. The summed E-state index contributed by atoms with van der Waals surface area (Å²) in [7, 11) is 0. The van der Waals surface area contributed by atoms with Crippen LogP contribution in [0.5, 0.6) is 5.75 Å². The van der Waals surface area contributed by atoms with E-state index in [1.165, 1.54) is 0 Å². The highest BCUT2D eigenvalue weighted by Gasteiger charge is 2.04. The van der Waals surface area contributed by atoms with Crippen LogP contribution >= 0.6 is 0 Å². The van der Waals surface area contributed by atoms with E-state index in [0.29, 0.717) is 11.5 Å². The van der Waals surface area contributed by atoms with Crippen LogP contribution in [-0.4, -0.2) is 18.4 Å². The maximum Gasteiger partial charge on any atom is 0.540 e. The lowest BCUT2D eigenvalue weighted by molar-refractivity contribution is 0.102. The van der Waals surface area contributed by atoms with Crippen LogP contribution in [0.15, 0.2) is 35.5 Å². The maximum atomic E-state index is 11.0. The lowest BCUT2D eigenvalue weighted by atomic mass is 10.3. The molecule has 0 bridgehead atoms. The molecule has 2 N–H and O–H groups in total. The van der Waals surface area contributed by atoms with Crippen molar-refractivity contribution in [2.24, 2.45) is 10.9 Å². The second-order valence-corrected chi connectivity index (χ2v) is 2.79. The van der Waals surface area contributed by atoms with Crippen molar-refractivity contribution in [2.45, 2.75) is 6.92 Å². The van der Waals surface area contributed by atoms with Gasteiger partial charge in [-0.05, 0) is 19.1 Å². The zero-order valence-electron chi connectivity index (χ0n) is 8.34. The minimum absolute atomic E-state index is 0.235. The van der Waals surface area contributed by atoms with Gasteiger partial charge in [0.05, 0.1) is 5.71 Å². The van der Waals surface area contributed by atoms with Gasteiger partial charge >= 0.3 is 6.16 Å². The van der Waals surface area contributed by atoms with Crippen molar-refractivity contribution >= 4 is 11.9 Å². The number of ether oxygens (including phenoxy) is 1. The summed E-state index contributed by atoms with van der Waals surface area (Å²) in [5.74, 6) is 0.406. The molecule has 5 heteroatoms. The fourth-order valence-electron chi connectivity index (χ4n) is 0.756. The zero-order chi connectivity index (χ0) is 11.1. The third-order valence-electron chi connectivity index (χ3n) is 1.52. The lowest BCUT2D eigenvalue weighted by Gasteiger charge is -2.00. The number of carbonyl (C=O) groups excluding carboxylic acids is 1. The Morgan fingerprint density at radius 3 is 2.67 bits per heavy atom. The molecule has 0 atom stereocenters. The van der Waals surface area contributed by atoms with Crippen LogP contribution in [0.2, 0.25) is 0 Å². The summed E-state index contributed by atoms with van der Waals surface area (Å²) in [6.45, 7) is 1.88. The van der Waals surface area contributed by atoms with E-state index in [9.17, 15) is 4.79 Å². The quantitative estimate of drug-likeness (QED) is 0.269. The van der Waals surface area contributed by atoms with Crippen molar-refractivity contribution in [3.05, 3.63) is 30.3 Å². The monoisotopic (exact) mass is 208 g/mol. The van der Waals surface area contributed by atoms with Crippen LogP contribution < -0.4 is 10.5 Å². The molecule has 0 aliphatic heterocycles. The standard InChI is InChI=1S/C10H12N2O3/c1-8(7-11)12-15-10(13)14-9-5-3-2-4-6-9/h2-6H,7,11H2,1H3/b12-8+. The first-order chi connectivity index (χ1) is 7.22. The molecule has 0 unspecified atom stereocenters. The Morgan fingerprint density at radius 2 is 2.07 bits per heavy atom. The Kier molecular flexibility index (Phi) is 4.30. The summed E-state index contributed by atoms with van der Waals surface area (Å²) in [4.78, 5) is 15.5. The van der Waals surface area contributed by atoms with Crippen molar-refractivity contribution in [1.29, 1.82) is 0 Å². The molecule has 1 aromatic carbocycles. The van der Waals surface area contributed by atoms with Gasteiger partial charge in [-0.25, -0.2) is 4.79 Å². The van der Waals surface area contributed by atoms with Crippen molar-refractivity contribution < 1.29 is 14.4 Å². The summed E-state index contributed by atoms with van der Waals surface area (Å²) in [6, 6.07) is 8.59. The Morgan fingerprint density at radius 1 is 1.40 bits per heavy atom. The zero-order valence-corrected chi connectivity index (χ0v) is 8.34. The second kappa shape index (κ2) is 5.77. The fourth-order valence-corrected chi connectivity index (χ4v) is 0.756. The molecule has 0 saturated carbocycles. The number of carbonyl (C=O) groups is 1. The third-order valence-corrected chi connectivity index (χ3v) is 1.52. The van der Waals surface area contributed by atoms with Gasteiger partial charge in [-0.2, -0.15) is 0 Å². The molecule has 0 spiro atoms. The van der Waals surface area contributed by atoms with Crippen molar-refractivity contribution in [1.82, 2.24) is 0 Å². The summed E-state index contributed by atoms with van der Waals surface area (Å²) in [5.41, 5.74) is 5.76. The lowest BCUT2D eigenvalue weighted by Crippen LogP contribution is -2.13. The van der Waals surface area contributed by atoms with Crippen molar-refractivity contribution in [3.8, 4) is 5.75 Å². The predicted octanol–water partition coefficient (Wildman–Crippen LogP) is 1.54. The maximum absolute atomic E-state index is 11.0. The first-order valence-corrected chi connectivity index (χ1v) is 4.40. The number of para-hydroxylation sites is 1. The average Bonchev–Trinajstić information content (AvgIpc) is 2.27. The molecule has 0 aliphatic carbocycles. The second-order valence-electron chi connectivity index (χ2n) is 2.79. The van der Waals surface area contributed by atoms with Gasteiger partial charge in [-0.3, -0.25) is 4.84 Å². The summed E-state index contributed by atoms with van der Waals surface area (Å²) in [5, 5.41) is 3.46.